The molecule has 0 aliphatic heterocycles. The van der Waals surface area contributed by atoms with Crippen molar-refractivity contribution in [1.82, 2.24) is 20.0 Å². The minimum atomic E-state index is 0.632. The van der Waals surface area contributed by atoms with Gasteiger partial charge in [-0.25, -0.2) is 4.98 Å². The number of nitrogens with one attached hydrogen (secondary N) is 2. The number of rotatable bonds is 10. The van der Waals surface area contributed by atoms with Crippen molar-refractivity contribution in [3.8, 4) is 5.75 Å². The molecule has 0 saturated heterocycles. The minimum Gasteiger partial charge on any atom is -0.493 e. The van der Waals surface area contributed by atoms with Crippen LogP contribution in [0.2, 0.25) is 0 Å². The van der Waals surface area contributed by atoms with E-state index in [-0.39, 0.29) is 0 Å². The summed E-state index contributed by atoms with van der Waals surface area (Å²) in [6.07, 6.45) is 5.80. The number of nitrogens with zero attached hydrogens (tertiary/aromatic N) is 3. The molecule has 3 rings (SSSR count). The van der Waals surface area contributed by atoms with Gasteiger partial charge in [0.05, 0.1) is 12.3 Å². The highest BCUT2D eigenvalue weighted by atomic mass is 16.5. The maximum absolute atomic E-state index is 5.97. The number of aromatic nitrogens is 2. The number of aliphatic imine (C=N–C) groups is 1. The number of pyridine rings is 1. The molecular weight excluding hydrogens is 390 g/mol. The molecule has 3 aromatic rings. The molecule has 0 spiro atoms. The van der Waals surface area contributed by atoms with Crippen molar-refractivity contribution < 1.29 is 9.47 Å². The number of guanidine groups is 1. The molecule has 0 fully saturated rings. The zero-order valence-electron chi connectivity index (χ0n) is 18.9. The van der Waals surface area contributed by atoms with Gasteiger partial charge in [-0.15, -0.1) is 0 Å². The van der Waals surface area contributed by atoms with Gasteiger partial charge >= 0.3 is 0 Å². The Morgan fingerprint density at radius 2 is 2.03 bits per heavy atom. The Bertz CT molecular complexity index is 1010. The Kier molecular flexibility index (Phi) is 8.29. The molecule has 0 aliphatic rings. The molecule has 0 atom stereocenters. The van der Waals surface area contributed by atoms with Gasteiger partial charge in [0.1, 0.15) is 11.4 Å². The van der Waals surface area contributed by atoms with E-state index in [9.17, 15) is 0 Å². The van der Waals surface area contributed by atoms with Crippen LogP contribution in [-0.2, 0) is 17.7 Å². The van der Waals surface area contributed by atoms with Gasteiger partial charge in [-0.3, -0.25) is 4.99 Å². The molecule has 7 nitrogen and oxygen atoms in total. The highest BCUT2D eigenvalue weighted by Crippen LogP contribution is 2.20. The first-order valence-electron chi connectivity index (χ1n) is 10.7. The van der Waals surface area contributed by atoms with E-state index in [1.165, 1.54) is 11.1 Å². The van der Waals surface area contributed by atoms with E-state index in [4.69, 9.17) is 14.5 Å². The summed E-state index contributed by atoms with van der Waals surface area (Å²) < 4.78 is 13.1. The monoisotopic (exact) mass is 423 g/mol. The topological polar surface area (TPSA) is 72.2 Å². The maximum atomic E-state index is 5.97. The number of aryl methyl sites for hydroxylation is 2. The first-order valence-corrected chi connectivity index (χ1v) is 10.7. The van der Waals surface area contributed by atoms with Crippen LogP contribution in [-0.4, -0.2) is 49.3 Å². The van der Waals surface area contributed by atoms with Crippen molar-refractivity contribution in [2.45, 2.75) is 33.2 Å². The summed E-state index contributed by atoms with van der Waals surface area (Å²) in [4.78, 5) is 9.06. The number of hydrogen-bond donors (Lipinski definition) is 2. The van der Waals surface area contributed by atoms with E-state index in [1.54, 1.807) is 14.2 Å². The van der Waals surface area contributed by atoms with E-state index in [1.807, 2.05) is 12.3 Å². The van der Waals surface area contributed by atoms with E-state index in [0.717, 1.165) is 48.0 Å². The average molecular weight is 424 g/mol. The van der Waals surface area contributed by atoms with Gasteiger partial charge in [0, 0.05) is 64.7 Å². The summed E-state index contributed by atoms with van der Waals surface area (Å²) in [7, 11) is 3.48. The second-order valence-electron chi connectivity index (χ2n) is 7.56. The molecule has 0 unspecified atom stereocenters. The van der Waals surface area contributed by atoms with Gasteiger partial charge in [-0.05, 0) is 37.1 Å². The normalized spacial score (nSPS) is 11.7. The van der Waals surface area contributed by atoms with Crippen LogP contribution in [0.3, 0.4) is 0 Å². The zero-order valence-corrected chi connectivity index (χ0v) is 18.9. The molecule has 166 valence electrons. The predicted molar refractivity (Wildman–Crippen MR) is 125 cm³/mol. The molecule has 0 aliphatic carbocycles. The molecule has 2 heterocycles. The van der Waals surface area contributed by atoms with Crippen molar-refractivity contribution in [1.29, 1.82) is 0 Å². The Morgan fingerprint density at radius 1 is 1.16 bits per heavy atom. The smallest absolute Gasteiger partial charge is 0.191 e. The second-order valence-corrected chi connectivity index (χ2v) is 7.56. The summed E-state index contributed by atoms with van der Waals surface area (Å²) in [5.41, 5.74) is 5.52. The molecule has 0 saturated carbocycles. The van der Waals surface area contributed by atoms with Crippen LogP contribution in [0.4, 0.5) is 0 Å². The summed E-state index contributed by atoms with van der Waals surface area (Å²) in [6.45, 7) is 6.86. The van der Waals surface area contributed by atoms with Crippen molar-refractivity contribution in [2.24, 2.45) is 4.99 Å². The molecule has 0 radical (unpaired) electrons. The fourth-order valence-corrected chi connectivity index (χ4v) is 3.36. The van der Waals surface area contributed by atoms with Gasteiger partial charge in [0.15, 0.2) is 5.96 Å². The molecule has 1 aromatic carbocycles. The van der Waals surface area contributed by atoms with E-state index in [2.05, 4.69) is 64.3 Å². The average Bonchev–Trinajstić information content (AvgIpc) is 3.19. The summed E-state index contributed by atoms with van der Waals surface area (Å²) in [6, 6.07) is 10.4. The first-order chi connectivity index (χ1) is 15.1. The second kappa shape index (κ2) is 11.4. The lowest BCUT2D eigenvalue weighted by Gasteiger charge is -2.15. The largest absolute Gasteiger partial charge is 0.493 e. The van der Waals surface area contributed by atoms with Crippen LogP contribution in [0.15, 0.2) is 47.7 Å². The van der Waals surface area contributed by atoms with Gasteiger partial charge in [0.2, 0.25) is 0 Å². The van der Waals surface area contributed by atoms with Crippen LogP contribution in [0.5, 0.6) is 5.75 Å². The fraction of sp³-hybridized carbons (Fsp3) is 0.417. The Labute approximate surface area is 184 Å². The lowest BCUT2D eigenvalue weighted by atomic mass is 10.1. The van der Waals surface area contributed by atoms with E-state index < -0.39 is 0 Å². The third-order valence-electron chi connectivity index (χ3n) is 5.04. The van der Waals surface area contributed by atoms with Crippen molar-refractivity contribution in [2.75, 3.05) is 33.9 Å². The number of benzene rings is 1. The number of fused-ring (bicyclic) bond motifs is 1. The fourth-order valence-electron chi connectivity index (χ4n) is 3.36. The number of methoxy groups -OCH3 is 1. The zero-order chi connectivity index (χ0) is 22.1. The summed E-state index contributed by atoms with van der Waals surface area (Å²) in [5.74, 6) is 1.66. The summed E-state index contributed by atoms with van der Waals surface area (Å²) >= 11 is 0. The van der Waals surface area contributed by atoms with Crippen molar-refractivity contribution in [3.05, 3.63) is 65.1 Å². The third-order valence-corrected chi connectivity index (χ3v) is 5.04. The van der Waals surface area contributed by atoms with Crippen LogP contribution >= 0.6 is 0 Å². The molecule has 2 aromatic heterocycles. The molecule has 2 N–H and O–H groups in total. The number of imidazole rings is 1. The third kappa shape index (κ3) is 6.46. The predicted octanol–water partition coefficient (Wildman–Crippen LogP) is 3.27. The first kappa shape index (κ1) is 22.6. The number of hydrogen-bond acceptors (Lipinski definition) is 4. The molecule has 7 heteroatoms. The molecular formula is C24H33N5O2. The quantitative estimate of drug-likeness (QED) is 0.297. The molecule has 0 bridgehead atoms. The van der Waals surface area contributed by atoms with Crippen molar-refractivity contribution in [3.63, 3.8) is 0 Å². The lowest BCUT2D eigenvalue weighted by molar-refractivity contribution is 0.172. The van der Waals surface area contributed by atoms with Crippen LogP contribution in [0.1, 0.15) is 28.8 Å². The van der Waals surface area contributed by atoms with E-state index >= 15 is 0 Å². The van der Waals surface area contributed by atoms with E-state index in [0.29, 0.717) is 19.8 Å². The minimum absolute atomic E-state index is 0.632. The van der Waals surface area contributed by atoms with Crippen LogP contribution < -0.4 is 15.4 Å². The van der Waals surface area contributed by atoms with Gasteiger partial charge in [-0.2, -0.15) is 0 Å². The highest BCUT2D eigenvalue weighted by molar-refractivity contribution is 5.79. The SMILES string of the molecule is CN=C(NCCc1cn2cccc(C)c2n1)NCc1ccc(C)cc1OCCCOC. The van der Waals surface area contributed by atoms with Gasteiger partial charge < -0.3 is 24.5 Å². The molecule has 0 amide bonds. The lowest BCUT2D eigenvalue weighted by Crippen LogP contribution is -2.38. The number of ether oxygens (including phenoxy) is 2. The standard InChI is InChI=1S/C24H33N5O2/c1-18-8-9-20(22(15-18)31-14-6-13-30-4)16-27-24(25-3)26-11-10-21-17-29-12-5-7-19(2)23(29)28-21/h5,7-9,12,15,17H,6,10-11,13-14,16H2,1-4H3,(H2,25,26,27). The Hall–Kier alpha value is -3.06. The Balaban J connectivity index is 1.51. The van der Waals surface area contributed by atoms with Gasteiger partial charge in [-0.1, -0.05) is 18.2 Å². The van der Waals surface area contributed by atoms with Crippen molar-refractivity contribution >= 4 is 11.6 Å². The Morgan fingerprint density at radius 3 is 2.81 bits per heavy atom. The highest BCUT2D eigenvalue weighted by Gasteiger charge is 2.07. The van der Waals surface area contributed by atoms with Crippen LogP contribution in [0, 0.1) is 13.8 Å². The summed E-state index contributed by atoms with van der Waals surface area (Å²) in [5, 5.41) is 6.75. The van der Waals surface area contributed by atoms with Crippen LogP contribution in [0.25, 0.3) is 5.65 Å². The maximum Gasteiger partial charge on any atom is 0.191 e. The molecule has 31 heavy (non-hydrogen) atoms. The van der Waals surface area contributed by atoms with Gasteiger partial charge in [0.25, 0.3) is 0 Å².